The molecule has 0 aliphatic heterocycles. The first-order valence-electron chi connectivity index (χ1n) is 6.87. The maximum absolute atomic E-state index is 12.6. The number of anilines is 1. The highest BCUT2D eigenvalue weighted by Crippen LogP contribution is 2.33. The predicted molar refractivity (Wildman–Crippen MR) is 96.9 cm³/mol. The Morgan fingerprint density at radius 3 is 2.50 bits per heavy atom. The zero-order chi connectivity index (χ0) is 16.3. The summed E-state index contributed by atoms with van der Waals surface area (Å²) in [6.07, 6.45) is 0. The number of hydrogen-bond acceptors (Lipinski definition) is 2. The van der Waals surface area contributed by atoms with Crippen LogP contribution >= 0.6 is 31.9 Å². The van der Waals surface area contributed by atoms with Gasteiger partial charge in [-0.2, -0.15) is 0 Å². The van der Waals surface area contributed by atoms with E-state index >= 15 is 0 Å². The summed E-state index contributed by atoms with van der Waals surface area (Å²) in [6.45, 7) is 4.20. The molecule has 0 aromatic heterocycles. The van der Waals surface area contributed by atoms with Crippen molar-refractivity contribution in [1.82, 2.24) is 0 Å². The highest BCUT2D eigenvalue weighted by Gasteiger charge is 2.18. The minimum absolute atomic E-state index is 0.202. The van der Waals surface area contributed by atoms with Crippen molar-refractivity contribution in [3.8, 4) is 5.75 Å². The smallest absolute Gasteiger partial charge is 0.259 e. The van der Waals surface area contributed by atoms with Gasteiger partial charge in [0.15, 0.2) is 0 Å². The van der Waals surface area contributed by atoms with Gasteiger partial charge in [-0.3, -0.25) is 4.79 Å². The van der Waals surface area contributed by atoms with Crippen LogP contribution in [0.4, 0.5) is 5.69 Å². The van der Waals surface area contributed by atoms with Gasteiger partial charge in [0, 0.05) is 10.2 Å². The van der Waals surface area contributed by atoms with Gasteiger partial charge in [-0.05, 0) is 45.6 Å². The Balaban J connectivity index is 2.39. The van der Waals surface area contributed by atoms with Crippen LogP contribution in [-0.4, -0.2) is 13.0 Å². The fourth-order valence-corrected chi connectivity index (χ4v) is 3.63. The monoisotopic (exact) mass is 425 g/mol. The number of amides is 1. The molecule has 0 radical (unpaired) electrons. The summed E-state index contributed by atoms with van der Waals surface area (Å²) >= 11 is 6.82. The van der Waals surface area contributed by atoms with Crippen LogP contribution in [0.3, 0.4) is 0 Å². The predicted octanol–water partition coefficient (Wildman–Crippen LogP) is 5.60. The molecule has 0 fully saturated rings. The lowest BCUT2D eigenvalue weighted by Gasteiger charge is -2.15. The molecule has 0 spiro atoms. The van der Waals surface area contributed by atoms with Gasteiger partial charge in [0.25, 0.3) is 5.91 Å². The number of methoxy groups -OCH3 is 1. The van der Waals surface area contributed by atoms with E-state index in [0.717, 1.165) is 20.2 Å². The number of rotatable bonds is 4. The number of benzene rings is 2. The fourth-order valence-electron chi connectivity index (χ4n) is 2.24. The van der Waals surface area contributed by atoms with Crippen LogP contribution in [0.15, 0.2) is 45.3 Å². The van der Waals surface area contributed by atoms with Crippen LogP contribution in [0.2, 0.25) is 0 Å². The molecule has 0 saturated carbocycles. The molecule has 3 nitrogen and oxygen atoms in total. The molecular weight excluding hydrogens is 410 g/mol. The van der Waals surface area contributed by atoms with E-state index in [-0.39, 0.29) is 5.91 Å². The number of nitrogens with one attached hydrogen (secondary N) is 1. The molecule has 0 bridgehead atoms. The Bertz CT molecular complexity index is 699. The first kappa shape index (κ1) is 17.0. The number of carbonyl (C=O) groups is 1. The van der Waals surface area contributed by atoms with Crippen molar-refractivity contribution in [1.29, 1.82) is 0 Å². The van der Waals surface area contributed by atoms with E-state index in [1.54, 1.807) is 13.2 Å². The van der Waals surface area contributed by atoms with Crippen LogP contribution < -0.4 is 10.1 Å². The molecule has 22 heavy (non-hydrogen) atoms. The van der Waals surface area contributed by atoms with E-state index in [9.17, 15) is 4.79 Å². The number of para-hydroxylation sites is 1. The molecule has 5 heteroatoms. The average molecular weight is 427 g/mol. The number of carbonyl (C=O) groups excluding carboxylic acids is 1. The third-order valence-corrected chi connectivity index (χ3v) is 4.34. The molecule has 0 heterocycles. The molecule has 0 atom stereocenters. The first-order valence-corrected chi connectivity index (χ1v) is 8.46. The summed E-state index contributed by atoms with van der Waals surface area (Å²) in [5.41, 5.74) is 2.40. The SMILES string of the molecule is COc1c(Br)cc(Br)cc1C(=O)Nc1ccccc1C(C)C. The second-order valence-electron chi connectivity index (χ2n) is 5.16. The lowest BCUT2D eigenvalue weighted by Crippen LogP contribution is -2.15. The van der Waals surface area contributed by atoms with Crippen molar-refractivity contribution < 1.29 is 9.53 Å². The van der Waals surface area contributed by atoms with Gasteiger partial charge in [0.1, 0.15) is 5.75 Å². The van der Waals surface area contributed by atoms with Crippen molar-refractivity contribution in [3.05, 3.63) is 56.5 Å². The lowest BCUT2D eigenvalue weighted by atomic mass is 10.0. The molecule has 0 unspecified atom stereocenters. The van der Waals surface area contributed by atoms with Crippen LogP contribution in [0.25, 0.3) is 0 Å². The van der Waals surface area contributed by atoms with E-state index in [2.05, 4.69) is 51.0 Å². The van der Waals surface area contributed by atoms with Crippen molar-refractivity contribution in [3.63, 3.8) is 0 Å². The van der Waals surface area contributed by atoms with Crippen LogP contribution in [0, 0.1) is 0 Å². The van der Waals surface area contributed by atoms with Crippen molar-refractivity contribution in [2.45, 2.75) is 19.8 Å². The van der Waals surface area contributed by atoms with E-state index in [1.807, 2.05) is 30.3 Å². The number of ether oxygens (including phenoxy) is 1. The largest absolute Gasteiger partial charge is 0.495 e. The summed E-state index contributed by atoms with van der Waals surface area (Å²) in [6, 6.07) is 11.4. The van der Waals surface area contributed by atoms with Crippen LogP contribution in [0.5, 0.6) is 5.75 Å². The summed E-state index contributed by atoms with van der Waals surface area (Å²) in [5.74, 6) is 0.641. The van der Waals surface area contributed by atoms with E-state index < -0.39 is 0 Å². The molecule has 0 aliphatic rings. The van der Waals surface area contributed by atoms with Crippen molar-refractivity contribution in [2.24, 2.45) is 0 Å². The zero-order valence-electron chi connectivity index (χ0n) is 12.6. The third-order valence-electron chi connectivity index (χ3n) is 3.29. The van der Waals surface area contributed by atoms with E-state index in [1.165, 1.54) is 0 Å². The van der Waals surface area contributed by atoms with Gasteiger partial charge >= 0.3 is 0 Å². The number of halogens is 2. The quantitative estimate of drug-likeness (QED) is 0.691. The third kappa shape index (κ3) is 3.70. The summed E-state index contributed by atoms with van der Waals surface area (Å²) in [4.78, 5) is 12.6. The van der Waals surface area contributed by atoms with Gasteiger partial charge < -0.3 is 10.1 Å². The van der Waals surface area contributed by atoms with Gasteiger partial charge in [-0.1, -0.05) is 48.0 Å². The Morgan fingerprint density at radius 1 is 1.18 bits per heavy atom. The van der Waals surface area contributed by atoms with Gasteiger partial charge in [0.2, 0.25) is 0 Å². The summed E-state index contributed by atoms with van der Waals surface area (Å²) < 4.78 is 6.88. The maximum atomic E-state index is 12.6. The zero-order valence-corrected chi connectivity index (χ0v) is 15.8. The number of hydrogen-bond donors (Lipinski definition) is 1. The van der Waals surface area contributed by atoms with Crippen LogP contribution in [0.1, 0.15) is 35.7 Å². The Hall–Kier alpha value is -1.33. The van der Waals surface area contributed by atoms with Crippen molar-refractivity contribution in [2.75, 3.05) is 12.4 Å². The Morgan fingerprint density at radius 2 is 1.86 bits per heavy atom. The Kier molecular flexibility index (Phi) is 5.64. The summed E-state index contributed by atoms with van der Waals surface area (Å²) in [7, 11) is 1.55. The Labute approximate surface area is 147 Å². The molecule has 116 valence electrons. The second kappa shape index (κ2) is 7.29. The van der Waals surface area contributed by atoms with Gasteiger partial charge in [0.05, 0.1) is 17.1 Å². The van der Waals surface area contributed by atoms with E-state index in [4.69, 9.17) is 4.74 Å². The van der Waals surface area contributed by atoms with Crippen LogP contribution in [-0.2, 0) is 0 Å². The molecule has 2 rings (SSSR count). The lowest BCUT2D eigenvalue weighted by molar-refractivity contribution is 0.102. The molecule has 1 amide bonds. The minimum Gasteiger partial charge on any atom is -0.495 e. The first-order chi connectivity index (χ1) is 10.4. The van der Waals surface area contributed by atoms with E-state index in [0.29, 0.717) is 17.2 Å². The second-order valence-corrected chi connectivity index (χ2v) is 6.93. The molecule has 1 N–H and O–H groups in total. The highest BCUT2D eigenvalue weighted by atomic mass is 79.9. The van der Waals surface area contributed by atoms with Gasteiger partial charge in [-0.25, -0.2) is 0 Å². The molecule has 2 aromatic carbocycles. The molecule has 0 aliphatic carbocycles. The molecule has 0 saturated heterocycles. The minimum atomic E-state index is -0.202. The maximum Gasteiger partial charge on any atom is 0.259 e. The fraction of sp³-hybridized carbons (Fsp3) is 0.235. The van der Waals surface area contributed by atoms with Crippen molar-refractivity contribution >= 4 is 43.5 Å². The normalized spacial score (nSPS) is 10.6. The molecule has 2 aromatic rings. The average Bonchev–Trinajstić information content (AvgIpc) is 2.46. The highest BCUT2D eigenvalue weighted by molar-refractivity contribution is 9.11. The summed E-state index contributed by atoms with van der Waals surface area (Å²) in [5, 5.41) is 2.98. The molecular formula is C17H17Br2NO2. The standard InChI is InChI=1S/C17H17Br2NO2/c1-10(2)12-6-4-5-7-15(12)20-17(21)13-8-11(18)9-14(19)16(13)22-3/h4-10H,1-3H3,(H,20,21). The van der Waals surface area contributed by atoms with Gasteiger partial charge in [-0.15, -0.1) is 0 Å². The topological polar surface area (TPSA) is 38.3 Å².